The quantitative estimate of drug-likeness (QED) is 0.841. The molecule has 1 unspecified atom stereocenters. The molecule has 3 aliphatic rings. The zero-order valence-corrected chi connectivity index (χ0v) is 14.2. The first-order valence-electron chi connectivity index (χ1n) is 8.41. The summed E-state index contributed by atoms with van der Waals surface area (Å²) < 4.78 is 19.3. The molecule has 3 saturated carbocycles. The number of carbonyl (C=O) groups excluding carboxylic acids is 1. The van der Waals surface area contributed by atoms with Gasteiger partial charge in [-0.15, -0.1) is 0 Å². The third-order valence-corrected chi connectivity index (χ3v) is 5.51. The lowest BCUT2D eigenvalue weighted by molar-refractivity contribution is -0.175. The molecule has 0 radical (unpaired) electrons. The van der Waals surface area contributed by atoms with Crippen molar-refractivity contribution in [3.63, 3.8) is 0 Å². The minimum absolute atomic E-state index is 0.00761. The number of esters is 1. The van der Waals surface area contributed by atoms with Crippen molar-refractivity contribution < 1.29 is 13.9 Å². The molecule has 0 saturated heterocycles. The number of hydrogen-bond acceptors (Lipinski definition) is 3. The molecule has 0 spiro atoms. The summed E-state index contributed by atoms with van der Waals surface area (Å²) in [6.07, 6.45) is 3.76. The molecule has 2 N–H and O–H groups in total. The van der Waals surface area contributed by atoms with Crippen LogP contribution < -0.4 is 5.73 Å². The first-order valence-corrected chi connectivity index (χ1v) is 8.41. The zero-order chi connectivity index (χ0) is 16.9. The normalized spacial score (nSPS) is 33.5. The Morgan fingerprint density at radius 3 is 2.48 bits per heavy atom. The Morgan fingerprint density at radius 2 is 1.91 bits per heavy atom. The summed E-state index contributed by atoms with van der Waals surface area (Å²) >= 11 is 0. The third kappa shape index (κ3) is 3.01. The molecule has 4 rings (SSSR count). The van der Waals surface area contributed by atoms with Gasteiger partial charge < -0.3 is 10.5 Å². The van der Waals surface area contributed by atoms with Gasteiger partial charge in [0.15, 0.2) is 0 Å². The molecule has 0 aliphatic heterocycles. The van der Waals surface area contributed by atoms with Gasteiger partial charge in [0.2, 0.25) is 0 Å². The van der Waals surface area contributed by atoms with E-state index in [9.17, 15) is 9.18 Å². The third-order valence-electron chi connectivity index (χ3n) is 5.51. The average Bonchev–Trinajstić information content (AvgIpc) is 2.46. The minimum Gasteiger partial charge on any atom is -0.460 e. The molecule has 1 aromatic carbocycles. The van der Waals surface area contributed by atoms with Gasteiger partial charge >= 0.3 is 5.97 Å². The molecular formula is C19H26FNO2. The van der Waals surface area contributed by atoms with Crippen molar-refractivity contribution in [2.24, 2.45) is 11.1 Å². The Balaban J connectivity index is 1.90. The Morgan fingerprint density at radius 1 is 1.26 bits per heavy atom. The van der Waals surface area contributed by atoms with Crippen LogP contribution in [0.5, 0.6) is 0 Å². The number of carbonyl (C=O) groups is 1. The fourth-order valence-corrected chi connectivity index (χ4v) is 4.19. The van der Waals surface area contributed by atoms with Gasteiger partial charge in [-0.1, -0.05) is 12.1 Å². The standard InChI is InChI=1S/C19H26FNO2/c1-17(2,3)23-16(22)18-7-9-19(21,10-8-18)15(12-18)13-5-4-6-14(20)11-13/h4-6,11,15H,7-10,12,21H2,1-3H3. The van der Waals surface area contributed by atoms with Gasteiger partial charge in [-0.05, 0) is 70.6 Å². The van der Waals surface area contributed by atoms with E-state index in [0.29, 0.717) is 6.42 Å². The van der Waals surface area contributed by atoms with Crippen LogP contribution in [0.15, 0.2) is 24.3 Å². The van der Waals surface area contributed by atoms with E-state index in [1.165, 1.54) is 6.07 Å². The Hall–Kier alpha value is -1.42. The van der Waals surface area contributed by atoms with E-state index in [1.807, 2.05) is 26.8 Å². The van der Waals surface area contributed by atoms with E-state index in [2.05, 4.69) is 0 Å². The Kier molecular flexibility index (Phi) is 3.79. The van der Waals surface area contributed by atoms with Gasteiger partial charge in [0.25, 0.3) is 0 Å². The number of rotatable bonds is 2. The number of halogens is 1. The number of fused-ring (bicyclic) bond motifs is 3. The molecule has 0 heterocycles. The largest absolute Gasteiger partial charge is 0.460 e. The fraction of sp³-hybridized carbons (Fsp3) is 0.632. The van der Waals surface area contributed by atoms with Crippen LogP contribution in [0.25, 0.3) is 0 Å². The van der Waals surface area contributed by atoms with Crippen molar-refractivity contribution in [3.05, 3.63) is 35.6 Å². The maximum atomic E-state index is 13.6. The molecule has 4 heteroatoms. The van der Waals surface area contributed by atoms with Crippen molar-refractivity contribution in [3.8, 4) is 0 Å². The van der Waals surface area contributed by atoms with Gasteiger partial charge in [-0.2, -0.15) is 0 Å². The summed E-state index contributed by atoms with van der Waals surface area (Å²) in [6.45, 7) is 5.68. The van der Waals surface area contributed by atoms with Crippen molar-refractivity contribution in [2.75, 3.05) is 0 Å². The minimum atomic E-state index is -0.491. The maximum absolute atomic E-state index is 13.6. The molecule has 3 fully saturated rings. The highest BCUT2D eigenvalue weighted by molar-refractivity contribution is 5.78. The highest BCUT2D eigenvalue weighted by Gasteiger charge is 2.57. The second kappa shape index (κ2) is 5.30. The number of nitrogens with two attached hydrogens (primary N) is 1. The van der Waals surface area contributed by atoms with Crippen LogP contribution in [0.2, 0.25) is 0 Å². The lowest BCUT2D eigenvalue weighted by Crippen LogP contribution is -2.59. The fourth-order valence-electron chi connectivity index (χ4n) is 4.19. The molecule has 3 aliphatic carbocycles. The van der Waals surface area contributed by atoms with E-state index < -0.39 is 11.0 Å². The van der Waals surface area contributed by atoms with Crippen molar-refractivity contribution in [1.82, 2.24) is 0 Å². The average molecular weight is 319 g/mol. The Bertz CT molecular complexity index is 612. The van der Waals surface area contributed by atoms with Crippen LogP contribution in [0.1, 0.15) is 64.4 Å². The van der Waals surface area contributed by atoms with Crippen molar-refractivity contribution in [2.45, 2.75) is 69.9 Å². The van der Waals surface area contributed by atoms with Gasteiger partial charge in [-0.3, -0.25) is 4.79 Å². The van der Waals surface area contributed by atoms with Crippen LogP contribution >= 0.6 is 0 Å². The summed E-state index contributed by atoms with van der Waals surface area (Å²) in [5, 5.41) is 0. The summed E-state index contributed by atoms with van der Waals surface area (Å²) in [4.78, 5) is 12.8. The predicted molar refractivity (Wildman–Crippen MR) is 87.4 cm³/mol. The lowest BCUT2D eigenvalue weighted by atomic mass is 9.51. The monoisotopic (exact) mass is 319 g/mol. The van der Waals surface area contributed by atoms with Gasteiger partial charge in [0.1, 0.15) is 11.4 Å². The van der Waals surface area contributed by atoms with Crippen LogP contribution in [0, 0.1) is 11.2 Å². The summed E-state index contributed by atoms with van der Waals surface area (Å²) in [5.74, 6) is -0.361. The highest BCUT2D eigenvalue weighted by atomic mass is 19.1. The molecule has 1 aromatic rings. The van der Waals surface area contributed by atoms with Crippen LogP contribution in [0.3, 0.4) is 0 Å². The summed E-state index contributed by atoms with van der Waals surface area (Å²) in [7, 11) is 0. The molecular weight excluding hydrogens is 293 g/mol. The topological polar surface area (TPSA) is 52.3 Å². The summed E-state index contributed by atoms with van der Waals surface area (Å²) in [5.41, 5.74) is 6.24. The number of hydrogen-bond donors (Lipinski definition) is 1. The van der Waals surface area contributed by atoms with Crippen molar-refractivity contribution >= 4 is 5.97 Å². The molecule has 0 amide bonds. The second-order valence-electron chi connectivity index (χ2n) is 8.33. The van der Waals surface area contributed by atoms with Gasteiger partial charge in [0, 0.05) is 11.5 Å². The maximum Gasteiger partial charge on any atom is 0.312 e. The lowest BCUT2D eigenvalue weighted by Gasteiger charge is -2.55. The van der Waals surface area contributed by atoms with Gasteiger partial charge in [-0.25, -0.2) is 4.39 Å². The first-order chi connectivity index (χ1) is 10.6. The molecule has 126 valence electrons. The van der Waals surface area contributed by atoms with Crippen LogP contribution in [-0.2, 0) is 9.53 Å². The molecule has 1 atom stereocenters. The van der Waals surface area contributed by atoms with Crippen molar-refractivity contribution in [1.29, 1.82) is 0 Å². The SMILES string of the molecule is CC(C)(C)OC(=O)C12CCC(N)(CC1)C(c1cccc(F)c1)C2. The van der Waals surface area contributed by atoms with E-state index >= 15 is 0 Å². The van der Waals surface area contributed by atoms with E-state index in [-0.39, 0.29) is 23.2 Å². The van der Waals surface area contributed by atoms with Crippen LogP contribution in [-0.4, -0.2) is 17.1 Å². The molecule has 0 aromatic heterocycles. The van der Waals surface area contributed by atoms with E-state index in [1.54, 1.807) is 12.1 Å². The second-order valence-corrected chi connectivity index (χ2v) is 8.33. The number of ether oxygens (including phenoxy) is 1. The molecule has 2 bridgehead atoms. The molecule has 3 nitrogen and oxygen atoms in total. The smallest absolute Gasteiger partial charge is 0.312 e. The number of benzene rings is 1. The first kappa shape index (κ1) is 16.4. The summed E-state index contributed by atoms with van der Waals surface area (Å²) in [6, 6.07) is 6.64. The molecule has 23 heavy (non-hydrogen) atoms. The van der Waals surface area contributed by atoms with E-state index in [0.717, 1.165) is 31.2 Å². The van der Waals surface area contributed by atoms with Crippen LogP contribution in [0.4, 0.5) is 4.39 Å². The zero-order valence-electron chi connectivity index (χ0n) is 14.2. The van der Waals surface area contributed by atoms with E-state index in [4.69, 9.17) is 10.5 Å². The van der Waals surface area contributed by atoms with Gasteiger partial charge in [0.05, 0.1) is 5.41 Å². The predicted octanol–water partition coefficient (Wildman–Crippen LogP) is 3.91. The highest BCUT2D eigenvalue weighted by Crippen LogP contribution is 2.58. The Labute approximate surface area is 137 Å².